The molecule has 0 aromatic heterocycles. The Morgan fingerprint density at radius 3 is 2.67 bits per heavy atom. The Kier molecular flexibility index (Phi) is 4.23. The fraction of sp³-hybridized carbons (Fsp3) is 0.762. The van der Waals surface area contributed by atoms with Crippen molar-refractivity contribution in [3.8, 4) is 0 Å². The lowest BCUT2D eigenvalue weighted by molar-refractivity contribution is -0.229. The maximum Gasteiger partial charge on any atom is 0.178 e. The van der Waals surface area contributed by atoms with Gasteiger partial charge in [-0.15, -0.1) is 0 Å². The van der Waals surface area contributed by atoms with Gasteiger partial charge in [0.15, 0.2) is 11.5 Å². The molecule has 3 saturated carbocycles. The number of carbonyl (C=O) groups excluding carboxylic acids is 1. The van der Waals surface area contributed by atoms with E-state index >= 15 is 8.78 Å². The number of fused-ring (bicyclic) bond motifs is 5. The van der Waals surface area contributed by atoms with Gasteiger partial charge in [-0.2, -0.15) is 0 Å². The van der Waals surface area contributed by atoms with Gasteiger partial charge in [0.2, 0.25) is 0 Å². The van der Waals surface area contributed by atoms with Crippen molar-refractivity contribution in [2.24, 2.45) is 29.1 Å². The molecule has 0 aromatic carbocycles. The van der Waals surface area contributed by atoms with Gasteiger partial charge in [0, 0.05) is 24.4 Å². The van der Waals surface area contributed by atoms with Crippen molar-refractivity contribution >= 4 is 5.78 Å². The maximum atomic E-state index is 16.7. The van der Waals surface area contributed by atoms with E-state index in [-0.39, 0.29) is 42.6 Å². The van der Waals surface area contributed by atoms with Crippen LogP contribution in [0.15, 0.2) is 23.8 Å². The summed E-state index contributed by atoms with van der Waals surface area (Å²) in [6.07, 6.45) is 1.48. The lowest BCUT2D eigenvalue weighted by atomic mass is 9.47. The van der Waals surface area contributed by atoms with Crippen LogP contribution in [0.3, 0.4) is 0 Å². The first-order chi connectivity index (χ1) is 12.6. The van der Waals surface area contributed by atoms with Crippen molar-refractivity contribution in [3.05, 3.63) is 23.8 Å². The summed E-state index contributed by atoms with van der Waals surface area (Å²) in [6, 6.07) is 0. The lowest BCUT2D eigenvalue weighted by Gasteiger charge is -2.61. The van der Waals surface area contributed by atoms with Gasteiger partial charge in [0.1, 0.15) is 6.17 Å². The van der Waals surface area contributed by atoms with E-state index in [0.717, 1.165) is 0 Å². The monoisotopic (exact) mass is 382 g/mol. The molecule has 0 aromatic rings. The Labute approximate surface area is 158 Å². The molecule has 3 fully saturated rings. The van der Waals surface area contributed by atoms with E-state index < -0.39 is 40.8 Å². The Hall–Kier alpha value is -1.11. The van der Waals surface area contributed by atoms with Gasteiger partial charge in [0.05, 0.1) is 11.7 Å². The number of ketones is 1. The molecule has 27 heavy (non-hydrogen) atoms. The number of carbonyl (C=O) groups is 1. The molecular formula is C21H28F2O4. The Morgan fingerprint density at radius 2 is 2.00 bits per heavy atom. The number of alkyl halides is 2. The zero-order valence-corrected chi connectivity index (χ0v) is 15.7. The van der Waals surface area contributed by atoms with Crippen LogP contribution in [-0.4, -0.2) is 51.3 Å². The summed E-state index contributed by atoms with van der Waals surface area (Å²) in [5.41, 5.74) is -4.78. The molecular weight excluding hydrogens is 354 g/mol. The highest BCUT2D eigenvalue weighted by Gasteiger charge is 2.73. The molecule has 0 amide bonds. The zero-order valence-electron chi connectivity index (χ0n) is 15.7. The molecule has 4 aliphatic rings. The fourth-order valence-electron chi connectivity index (χ4n) is 6.90. The molecule has 0 spiro atoms. The van der Waals surface area contributed by atoms with Gasteiger partial charge in [-0.1, -0.05) is 13.0 Å². The van der Waals surface area contributed by atoms with Crippen molar-refractivity contribution in [1.82, 2.24) is 0 Å². The molecule has 3 N–H and O–H groups in total. The molecule has 0 radical (unpaired) electrons. The van der Waals surface area contributed by atoms with Crippen molar-refractivity contribution in [2.45, 2.75) is 63.1 Å². The van der Waals surface area contributed by atoms with Crippen LogP contribution in [0.4, 0.5) is 8.78 Å². The minimum Gasteiger partial charge on any atom is -0.396 e. The average Bonchev–Trinajstić information content (AvgIpc) is 2.84. The number of hydrogen-bond donors (Lipinski definition) is 3. The molecule has 4 rings (SSSR count). The third-order valence-electron chi connectivity index (χ3n) is 8.14. The van der Waals surface area contributed by atoms with E-state index in [2.05, 4.69) is 0 Å². The van der Waals surface area contributed by atoms with Crippen LogP contribution >= 0.6 is 0 Å². The van der Waals surface area contributed by atoms with Gasteiger partial charge in [-0.3, -0.25) is 4.79 Å². The highest BCUT2D eigenvalue weighted by molar-refractivity contribution is 6.01. The van der Waals surface area contributed by atoms with Crippen LogP contribution in [0, 0.1) is 29.1 Å². The summed E-state index contributed by atoms with van der Waals surface area (Å²) >= 11 is 0. The first kappa shape index (κ1) is 19.2. The standard InChI is InChI=1S/C21H28F2O4/c1-11-7-14-15-9-17(22)16-8-12(25)3-5-19(16,2)21(15,23)18(26)10-20(14,27)13(11)4-6-24/h3,5,8,11,13-15,17-18,24,26-27H,4,6-7,9-10H2,1-2H3/t11-,13?,14?,15?,17+,18?,19?,20?,21+/m1/s1. The third-order valence-corrected chi connectivity index (χ3v) is 8.14. The maximum absolute atomic E-state index is 16.7. The molecule has 0 heterocycles. The number of hydrogen-bond acceptors (Lipinski definition) is 4. The number of aliphatic hydroxyl groups excluding tert-OH is 2. The number of rotatable bonds is 2. The highest BCUT2D eigenvalue weighted by Crippen LogP contribution is 2.67. The predicted molar refractivity (Wildman–Crippen MR) is 95.2 cm³/mol. The fourth-order valence-corrected chi connectivity index (χ4v) is 6.90. The van der Waals surface area contributed by atoms with Crippen molar-refractivity contribution in [1.29, 1.82) is 0 Å². The second kappa shape index (κ2) is 5.94. The second-order valence-electron chi connectivity index (χ2n) is 9.26. The van der Waals surface area contributed by atoms with E-state index in [1.54, 1.807) is 6.92 Å². The number of aliphatic hydroxyl groups is 3. The molecule has 6 unspecified atom stereocenters. The van der Waals surface area contributed by atoms with Gasteiger partial charge in [0.25, 0.3) is 0 Å². The van der Waals surface area contributed by atoms with Gasteiger partial charge in [-0.05, 0) is 61.7 Å². The quantitative estimate of drug-likeness (QED) is 0.685. The van der Waals surface area contributed by atoms with Gasteiger partial charge in [-0.25, -0.2) is 8.78 Å². The number of halogens is 2. The summed E-state index contributed by atoms with van der Waals surface area (Å²) in [5.74, 6) is -1.91. The topological polar surface area (TPSA) is 77.8 Å². The summed E-state index contributed by atoms with van der Waals surface area (Å²) in [7, 11) is 0. The van der Waals surface area contributed by atoms with E-state index in [1.807, 2.05) is 6.92 Å². The van der Waals surface area contributed by atoms with Crippen LogP contribution in [-0.2, 0) is 4.79 Å². The van der Waals surface area contributed by atoms with Crippen LogP contribution in [0.2, 0.25) is 0 Å². The summed E-state index contributed by atoms with van der Waals surface area (Å²) in [6.45, 7) is 3.43. The molecule has 6 heteroatoms. The smallest absolute Gasteiger partial charge is 0.178 e. The third kappa shape index (κ3) is 2.26. The Balaban J connectivity index is 1.82. The molecule has 4 nitrogen and oxygen atoms in total. The summed E-state index contributed by atoms with van der Waals surface area (Å²) in [5, 5.41) is 31.8. The van der Waals surface area contributed by atoms with Crippen LogP contribution < -0.4 is 0 Å². The molecule has 0 aliphatic heterocycles. The first-order valence-corrected chi connectivity index (χ1v) is 9.89. The van der Waals surface area contributed by atoms with E-state index in [4.69, 9.17) is 0 Å². The van der Waals surface area contributed by atoms with Crippen LogP contribution in [0.1, 0.15) is 39.5 Å². The van der Waals surface area contributed by atoms with Crippen LogP contribution in [0.25, 0.3) is 0 Å². The SMILES string of the molecule is C[C@@H]1CC2C3C[C@H](F)C4=CC(=O)C=CC4(C)[C@@]3(F)C(O)CC2(O)C1CCO. The molecule has 150 valence electrons. The van der Waals surface area contributed by atoms with Crippen molar-refractivity contribution in [3.63, 3.8) is 0 Å². The van der Waals surface area contributed by atoms with Crippen molar-refractivity contribution in [2.75, 3.05) is 6.61 Å². The predicted octanol–water partition coefficient (Wildman–Crippen LogP) is 2.27. The zero-order chi connectivity index (χ0) is 19.8. The minimum absolute atomic E-state index is 0.0491. The second-order valence-corrected chi connectivity index (χ2v) is 9.26. The van der Waals surface area contributed by atoms with Crippen molar-refractivity contribution < 1.29 is 28.9 Å². The van der Waals surface area contributed by atoms with Crippen LogP contribution in [0.5, 0.6) is 0 Å². The average molecular weight is 382 g/mol. The molecule has 0 saturated heterocycles. The number of allylic oxidation sites excluding steroid dienone is 4. The molecule has 9 atom stereocenters. The van der Waals surface area contributed by atoms with Gasteiger partial charge >= 0.3 is 0 Å². The summed E-state index contributed by atoms with van der Waals surface area (Å²) in [4.78, 5) is 11.8. The van der Waals surface area contributed by atoms with Gasteiger partial charge < -0.3 is 15.3 Å². The Morgan fingerprint density at radius 1 is 1.30 bits per heavy atom. The minimum atomic E-state index is -2.15. The molecule has 0 bridgehead atoms. The summed E-state index contributed by atoms with van der Waals surface area (Å²) < 4.78 is 31.8. The van der Waals surface area contributed by atoms with E-state index in [9.17, 15) is 20.1 Å². The largest absolute Gasteiger partial charge is 0.396 e. The highest BCUT2D eigenvalue weighted by atomic mass is 19.1. The normalized spacial score (nSPS) is 54.2. The lowest BCUT2D eigenvalue weighted by Crippen LogP contribution is -2.70. The Bertz CT molecular complexity index is 721. The van der Waals surface area contributed by atoms with E-state index in [1.165, 1.54) is 18.2 Å². The first-order valence-electron chi connectivity index (χ1n) is 9.89. The molecule has 4 aliphatic carbocycles. The van der Waals surface area contributed by atoms with E-state index in [0.29, 0.717) is 12.8 Å².